The molecular weight excluding hydrogens is 176 g/mol. The lowest BCUT2D eigenvalue weighted by Gasteiger charge is -2.08. The van der Waals surface area contributed by atoms with Crippen LogP contribution in [0.1, 0.15) is 12.0 Å². The normalized spacial score (nSPS) is 9.79. The summed E-state index contributed by atoms with van der Waals surface area (Å²) in [5.74, 6) is 0.888. The van der Waals surface area contributed by atoms with Crippen LogP contribution in [0.5, 0.6) is 5.75 Å². The van der Waals surface area contributed by atoms with Crippen LogP contribution < -0.4 is 4.74 Å². The molecule has 0 radical (unpaired) electrons. The summed E-state index contributed by atoms with van der Waals surface area (Å²) in [6.07, 6.45) is 2.70. The number of hydrogen-bond acceptors (Lipinski definition) is 2. The van der Waals surface area contributed by atoms with Gasteiger partial charge in [0, 0.05) is 25.7 Å². The zero-order chi connectivity index (χ0) is 10.2. The van der Waals surface area contributed by atoms with Crippen molar-refractivity contribution in [2.75, 3.05) is 20.3 Å². The zero-order valence-corrected chi connectivity index (χ0v) is 8.53. The van der Waals surface area contributed by atoms with Crippen molar-refractivity contribution in [3.63, 3.8) is 0 Å². The molecular formula is C12H16O2. The van der Waals surface area contributed by atoms with Gasteiger partial charge in [-0.05, 0) is 6.07 Å². The Morgan fingerprint density at radius 1 is 1.29 bits per heavy atom. The molecule has 0 atom stereocenters. The maximum absolute atomic E-state index is 5.58. The Balaban J connectivity index is 2.45. The van der Waals surface area contributed by atoms with Crippen molar-refractivity contribution in [3.05, 3.63) is 36.4 Å². The molecule has 2 nitrogen and oxygen atoms in total. The van der Waals surface area contributed by atoms with Crippen molar-refractivity contribution in [3.8, 4) is 5.75 Å². The maximum Gasteiger partial charge on any atom is 0.126 e. The van der Waals surface area contributed by atoms with Gasteiger partial charge < -0.3 is 9.47 Å². The topological polar surface area (TPSA) is 18.5 Å². The minimum atomic E-state index is 0.679. The van der Waals surface area contributed by atoms with E-state index in [-0.39, 0.29) is 0 Å². The fourth-order valence-corrected chi connectivity index (χ4v) is 1.17. The van der Waals surface area contributed by atoms with Crippen molar-refractivity contribution in [2.24, 2.45) is 0 Å². The molecule has 2 heteroatoms. The van der Waals surface area contributed by atoms with Gasteiger partial charge in [-0.3, -0.25) is 0 Å². The second-order valence-corrected chi connectivity index (χ2v) is 2.94. The van der Waals surface area contributed by atoms with Gasteiger partial charge in [0.25, 0.3) is 0 Å². The van der Waals surface area contributed by atoms with E-state index in [1.165, 1.54) is 0 Å². The highest BCUT2D eigenvalue weighted by molar-refractivity contribution is 5.55. The van der Waals surface area contributed by atoms with E-state index in [2.05, 4.69) is 6.58 Å². The van der Waals surface area contributed by atoms with E-state index in [9.17, 15) is 0 Å². The summed E-state index contributed by atoms with van der Waals surface area (Å²) in [7, 11) is 1.69. The molecule has 0 aliphatic carbocycles. The molecule has 0 aliphatic rings. The average molecular weight is 192 g/mol. The van der Waals surface area contributed by atoms with Crippen LogP contribution >= 0.6 is 0 Å². The quantitative estimate of drug-likeness (QED) is 0.645. The van der Waals surface area contributed by atoms with Crippen LogP contribution in [0, 0.1) is 0 Å². The molecule has 0 amide bonds. The lowest BCUT2D eigenvalue weighted by Crippen LogP contribution is -2.02. The van der Waals surface area contributed by atoms with E-state index in [0.717, 1.165) is 24.3 Å². The fourth-order valence-electron chi connectivity index (χ4n) is 1.17. The predicted octanol–water partition coefficient (Wildman–Crippen LogP) is 2.74. The number of benzene rings is 1. The maximum atomic E-state index is 5.58. The Morgan fingerprint density at radius 3 is 2.79 bits per heavy atom. The van der Waals surface area contributed by atoms with Crippen molar-refractivity contribution in [1.82, 2.24) is 0 Å². The summed E-state index contributed by atoms with van der Waals surface area (Å²) in [6, 6.07) is 7.86. The molecule has 1 aromatic rings. The molecule has 1 aromatic carbocycles. The number of methoxy groups -OCH3 is 1. The fraction of sp³-hybridized carbons (Fsp3) is 0.333. The van der Waals surface area contributed by atoms with Gasteiger partial charge in [0.05, 0.1) is 6.61 Å². The Morgan fingerprint density at radius 2 is 2.07 bits per heavy atom. The van der Waals surface area contributed by atoms with Gasteiger partial charge in [0.2, 0.25) is 0 Å². The van der Waals surface area contributed by atoms with Crippen LogP contribution in [0.3, 0.4) is 0 Å². The van der Waals surface area contributed by atoms with Crippen molar-refractivity contribution in [1.29, 1.82) is 0 Å². The molecule has 0 bridgehead atoms. The molecule has 0 aliphatic heterocycles. The molecule has 0 fully saturated rings. The van der Waals surface area contributed by atoms with Gasteiger partial charge in [0.15, 0.2) is 0 Å². The predicted molar refractivity (Wildman–Crippen MR) is 58.5 cm³/mol. The van der Waals surface area contributed by atoms with Crippen molar-refractivity contribution in [2.45, 2.75) is 6.42 Å². The number of ether oxygens (including phenoxy) is 2. The lowest BCUT2D eigenvalue weighted by atomic mass is 10.2. The second-order valence-electron chi connectivity index (χ2n) is 2.94. The Kier molecular flexibility index (Phi) is 4.79. The van der Waals surface area contributed by atoms with Crippen molar-refractivity contribution < 1.29 is 9.47 Å². The van der Waals surface area contributed by atoms with E-state index in [1.807, 2.05) is 24.3 Å². The summed E-state index contributed by atoms with van der Waals surface area (Å²) in [5.41, 5.74) is 1.03. The monoisotopic (exact) mass is 192 g/mol. The lowest BCUT2D eigenvalue weighted by molar-refractivity contribution is 0.172. The van der Waals surface area contributed by atoms with E-state index in [0.29, 0.717) is 6.61 Å². The van der Waals surface area contributed by atoms with Gasteiger partial charge in [-0.2, -0.15) is 0 Å². The van der Waals surface area contributed by atoms with Crippen LogP contribution in [-0.4, -0.2) is 20.3 Å². The molecule has 0 N–H and O–H groups in total. The van der Waals surface area contributed by atoms with Crippen LogP contribution in [-0.2, 0) is 4.74 Å². The van der Waals surface area contributed by atoms with Crippen LogP contribution in [0.4, 0.5) is 0 Å². The first-order chi connectivity index (χ1) is 6.88. The first-order valence-electron chi connectivity index (χ1n) is 4.71. The summed E-state index contributed by atoms with van der Waals surface area (Å²) < 4.78 is 10.5. The second kappa shape index (κ2) is 6.22. The highest BCUT2D eigenvalue weighted by atomic mass is 16.5. The summed E-state index contributed by atoms with van der Waals surface area (Å²) in [5, 5.41) is 0. The van der Waals surface area contributed by atoms with Crippen LogP contribution in [0.15, 0.2) is 30.8 Å². The molecule has 0 spiro atoms. The van der Waals surface area contributed by atoms with Crippen molar-refractivity contribution >= 4 is 6.08 Å². The van der Waals surface area contributed by atoms with E-state index < -0.39 is 0 Å². The minimum Gasteiger partial charge on any atom is -0.493 e. The zero-order valence-electron chi connectivity index (χ0n) is 8.53. The highest BCUT2D eigenvalue weighted by Gasteiger charge is 1.97. The van der Waals surface area contributed by atoms with Crippen LogP contribution in [0.2, 0.25) is 0 Å². The largest absolute Gasteiger partial charge is 0.493 e. The standard InChI is InChI=1S/C12H16O2/c1-3-11-7-4-5-8-12(11)14-10-6-9-13-2/h3-5,7-8H,1,6,9-10H2,2H3. The Labute approximate surface area is 85.2 Å². The number of para-hydroxylation sites is 1. The third kappa shape index (κ3) is 3.23. The van der Waals surface area contributed by atoms with E-state index in [1.54, 1.807) is 13.2 Å². The molecule has 0 unspecified atom stereocenters. The highest BCUT2D eigenvalue weighted by Crippen LogP contribution is 2.18. The summed E-state index contributed by atoms with van der Waals surface area (Å²) in [4.78, 5) is 0. The van der Waals surface area contributed by atoms with Crippen LogP contribution in [0.25, 0.3) is 6.08 Å². The molecule has 0 saturated carbocycles. The third-order valence-electron chi connectivity index (χ3n) is 1.89. The average Bonchev–Trinajstić information content (AvgIpc) is 2.25. The third-order valence-corrected chi connectivity index (χ3v) is 1.89. The molecule has 0 heterocycles. The Bertz CT molecular complexity index is 281. The first kappa shape index (κ1) is 10.8. The number of rotatable bonds is 6. The number of hydrogen-bond donors (Lipinski definition) is 0. The molecule has 0 saturated heterocycles. The first-order valence-corrected chi connectivity index (χ1v) is 4.71. The minimum absolute atomic E-state index is 0.679. The van der Waals surface area contributed by atoms with E-state index >= 15 is 0 Å². The van der Waals surface area contributed by atoms with Gasteiger partial charge in [-0.1, -0.05) is 30.9 Å². The summed E-state index contributed by atoms with van der Waals surface area (Å²) >= 11 is 0. The van der Waals surface area contributed by atoms with E-state index in [4.69, 9.17) is 9.47 Å². The van der Waals surface area contributed by atoms with Gasteiger partial charge in [-0.15, -0.1) is 0 Å². The molecule has 14 heavy (non-hydrogen) atoms. The van der Waals surface area contributed by atoms with Gasteiger partial charge >= 0.3 is 0 Å². The summed E-state index contributed by atoms with van der Waals surface area (Å²) in [6.45, 7) is 5.14. The molecule has 1 rings (SSSR count). The SMILES string of the molecule is C=Cc1ccccc1OCCCOC. The molecule has 0 aromatic heterocycles. The Hall–Kier alpha value is -1.28. The van der Waals surface area contributed by atoms with Gasteiger partial charge in [0.1, 0.15) is 5.75 Å². The smallest absolute Gasteiger partial charge is 0.126 e. The van der Waals surface area contributed by atoms with Gasteiger partial charge in [-0.25, -0.2) is 0 Å². The molecule has 76 valence electrons.